The molecule has 3 N–H and O–H groups in total. The third-order valence-electron chi connectivity index (χ3n) is 5.91. The molecule has 1 atom stereocenters. The fraction of sp³-hybridized carbons (Fsp3) is 0.385. The standard InChI is InChI=1S/C26H31FN4O2/c1-16-6-5-7-21(27)24(16)18-10-19-14-29-23(28)12-20(19)22(11-18)31-9-8-17(15-31)13-30-25(32)33-26(2,3)4/h5-7,10-12,14,17H,8-9,13,15H2,1-4H3,(H2,28,29)(H,30,32)/t17-/m0/s1. The molecule has 4 rings (SSSR count). The molecule has 0 aliphatic carbocycles. The molecule has 6 nitrogen and oxygen atoms in total. The van der Waals surface area contributed by atoms with Crippen LogP contribution in [0.15, 0.2) is 42.6 Å². The first-order valence-electron chi connectivity index (χ1n) is 11.3. The van der Waals surface area contributed by atoms with Crippen LogP contribution in [0.5, 0.6) is 0 Å². The Morgan fingerprint density at radius 1 is 1.30 bits per heavy atom. The number of hydrogen-bond acceptors (Lipinski definition) is 5. The van der Waals surface area contributed by atoms with Crippen molar-refractivity contribution in [3.63, 3.8) is 0 Å². The van der Waals surface area contributed by atoms with Gasteiger partial charge in [-0.05, 0) is 75.4 Å². The SMILES string of the molecule is Cc1cccc(F)c1-c1cc(N2CC[C@@H](CNC(=O)OC(C)(C)C)C2)c2cc(N)ncc2c1. The van der Waals surface area contributed by atoms with Gasteiger partial charge in [-0.1, -0.05) is 12.1 Å². The summed E-state index contributed by atoms with van der Waals surface area (Å²) in [5, 5.41) is 4.78. The lowest BCUT2D eigenvalue weighted by Gasteiger charge is -2.23. The fourth-order valence-electron chi connectivity index (χ4n) is 4.42. The number of fused-ring (bicyclic) bond motifs is 1. The second-order valence-electron chi connectivity index (χ2n) is 9.74. The van der Waals surface area contributed by atoms with Gasteiger partial charge in [0.2, 0.25) is 0 Å². The van der Waals surface area contributed by atoms with Gasteiger partial charge < -0.3 is 20.7 Å². The van der Waals surface area contributed by atoms with Crippen LogP contribution < -0.4 is 16.0 Å². The number of hydrogen-bond donors (Lipinski definition) is 2. The molecule has 1 amide bonds. The number of pyridine rings is 1. The average molecular weight is 451 g/mol. The molecule has 174 valence electrons. The molecule has 0 radical (unpaired) electrons. The molecule has 2 heterocycles. The number of aryl methyl sites for hydroxylation is 1. The highest BCUT2D eigenvalue weighted by atomic mass is 19.1. The molecule has 3 aromatic rings. The number of nitrogens with zero attached hydrogens (tertiary/aromatic N) is 2. The number of carbonyl (C=O) groups excluding carboxylic acids is 1. The molecule has 0 saturated carbocycles. The van der Waals surface area contributed by atoms with Crippen molar-refractivity contribution >= 4 is 28.4 Å². The maximum absolute atomic E-state index is 14.8. The number of aromatic nitrogens is 1. The fourth-order valence-corrected chi connectivity index (χ4v) is 4.42. The second-order valence-corrected chi connectivity index (χ2v) is 9.74. The van der Waals surface area contributed by atoms with Crippen LogP contribution in [0.25, 0.3) is 21.9 Å². The minimum atomic E-state index is -0.524. The largest absolute Gasteiger partial charge is 0.444 e. The van der Waals surface area contributed by atoms with Crippen molar-refractivity contribution in [2.24, 2.45) is 5.92 Å². The molecule has 1 aliphatic heterocycles. The van der Waals surface area contributed by atoms with Crippen molar-refractivity contribution in [1.82, 2.24) is 10.3 Å². The summed E-state index contributed by atoms with van der Waals surface area (Å²) in [5.74, 6) is 0.482. The Balaban J connectivity index is 1.62. The summed E-state index contributed by atoms with van der Waals surface area (Å²) >= 11 is 0. The summed E-state index contributed by atoms with van der Waals surface area (Å²) in [6.07, 6.45) is 2.27. The first-order chi connectivity index (χ1) is 15.6. The van der Waals surface area contributed by atoms with Crippen LogP contribution in [-0.2, 0) is 4.74 Å². The second kappa shape index (κ2) is 8.89. The van der Waals surface area contributed by atoms with E-state index in [4.69, 9.17) is 10.5 Å². The molecule has 2 aromatic carbocycles. The lowest BCUT2D eigenvalue weighted by Crippen LogP contribution is -2.36. The number of amides is 1. The maximum Gasteiger partial charge on any atom is 0.407 e. The van der Waals surface area contributed by atoms with Crippen molar-refractivity contribution in [1.29, 1.82) is 0 Å². The van der Waals surface area contributed by atoms with Gasteiger partial charge in [-0.2, -0.15) is 0 Å². The van der Waals surface area contributed by atoms with Gasteiger partial charge in [-0.25, -0.2) is 14.2 Å². The Morgan fingerprint density at radius 2 is 2.09 bits per heavy atom. The van der Waals surface area contributed by atoms with Crippen molar-refractivity contribution in [2.45, 2.75) is 39.7 Å². The quantitative estimate of drug-likeness (QED) is 0.565. The van der Waals surface area contributed by atoms with E-state index in [2.05, 4.69) is 15.2 Å². The van der Waals surface area contributed by atoms with Gasteiger partial charge >= 0.3 is 6.09 Å². The third-order valence-corrected chi connectivity index (χ3v) is 5.91. The van der Waals surface area contributed by atoms with Gasteiger partial charge in [-0.15, -0.1) is 0 Å². The van der Waals surface area contributed by atoms with Crippen molar-refractivity contribution < 1.29 is 13.9 Å². The van der Waals surface area contributed by atoms with E-state index in [0.717, 1.165) is 47.1 Å². The average Bonchev–Trinajstić information content (AvgIpc) is 3.19. The normalized spacial score (nSPS) is 16.3. The van der Waals surface area contributed by atoms with Crippen LogP contribution in [-0.4, -0.2) is 36.3 Å². The lowest BCUT2D eigenvalue weighted by molar-refractivity contribution is 0.0520. The Kier molecular flexibility index (Phi) is 6.15. The lowest BCUT2D eigenvalue weighted by atomic mass is 9.96. The van der Waals surface area contributed by atoms with E-state index in [0.29, 0.717) is 17.9 Å². The van der Waals surface area contributed by atoms with E-state index in [1.807, 2.05) is 52.0 Å². The summed E-state index contributed by atoms with van der Waals surface area (Å²) in [4.78, 5) is 18.6. The predicted octanol–water partition coefficient (Wildman–Crippen LogP) is 5.28. The van der Waals surface area contributed by atoms with E-state index in [9.17, 15) is 9.18 Å². The number of nitrogen functional groups attached to an aromatic ring is 1. The van der Waals surface area contributed by atoms with Gasteiger partial charge in [-0.3, -0.25) is 0 Å². The highest BCUT2D eigenvalue weighted by Crippen LogP contribution is 2.37. The first-order valence-corrected chi connectivity index (χ1v) is 11.3. The van der Waals surface area contributed by atoms with Gasteiger partial charge in [0, 0.05) is 47.9 Å². The van der Waals surface area contributed by atoms with Crippen LogP contribution in [0, 0.1) is 18.7 Å². The summed E-state index contributed by atoms with van der Waals surface area (Å²) in [6, 6.07) is 11.0. The molecule has 0 bridgehead atoms. The third kappa shape index (κ3) is 5.18. The van der Waals surface area contributed by atoms with E-state index in [1.165, 1.54) is 6.07 Å². The van der Waals surface area contributed by atoms with Crippen LogP contribution in [0.2, 0.25) is 0 Å². The van der Waals surface area contributed by atoms with Crippen LogP contribution >= 0.6 is 0 Å². The minimum Gasteiger partial charge on any atom is -0.444 e. The van der Waals surface area contributed by atoms with E-state index < -0.39 is 11.7 Å². The molecule has 0 spiro atoms. The number of benzene rings is 2. The number of nitrogens with one attached hydrogen (secondary N) is 1. The minimum absolute atomic E-state index is 0.246. The first kappa shape index (κ1) is 22.8. The molecule has 33 heavy (non-hydrogen) atoms. The molecular weight excluding hydrogens is 419 g/mol. The Morgan fingerprint density at radius 3 is 2.82 bits per heavy atom. The molecule has 1 aromatic heterocycles. The van der Waals surface area contributed by atoms with Crippen LogP contribution in [0.1, 0.15) is 32.8 Å². The van der Waals surface area contributed by atoms with Crippen molar-refractivity contribution in [3.8, 4) is 11.1 Å². The van der Waals surface area contributed by atoms with E-state index in [1.54, 1.807) is 12.3 Å². The molecule has 7 heteroatoms. The zero-order valence-corrected chi connectivity index (χ0v) is 19.6. The Bertz CT molecular complexity index is 1170. The van der Waals surface area contributed by atoms with E-state index in [-0.39, 0.29) is 11.7 Å². The summed E-state index contributed by atoms with van der Waals surface area (Å²) < 4.78 is 20.1. The number of nitrogens with two attached hydrogens (primary N) is 1. The number of rotatable bonds is 4. The zero-order valence-electron chi connectivity index (χ0n) is 19.6. The van der Waals surface area contributed by atoms with Crippen LogP contribution in [0.4, 0.5) is 20.7 Å². The van der Waals surface area contributed by atoms with E-state index >= 15 is 0 Å². The Hall–Kier alpha value is -3.35. The van der Waals surface area contributed by atoms with Gasteiger partial charge in [0.15, 0.2) is 0 Å². The topological polar surface area (TPSA) is 80.5 Å². The van der Waals surface area contributed by atoms with Gasteiger partial charge in [0.05, 0.1) is 0 Å². The summed E-state index contributed by atoms with van der Waals surface area (Å²) in [5.41, 5.74) is 8.76. The zero-order chi connectivity index (χ0) is 23.8. The summed E-state index contributed by atoms with van der Waals surface area (Å²) in [6.45, 7) is 9.60. The van der Waals surface area contributed by atoms with Crippen molar-refractivity contribution in [3.05, 3.63) is 54.0 Å². The monoisotopic (exact) mass is 450 g/mol. The molecule has 0 unspecified atom stereocenters. The van der Waals surface area contributed by atoms with Gasteiger partial charge in [0.25, 0.3) is 0 Å². The smallest absolute Gasteiger partial charge is 0.407 e. The highest BCUT2D eigenvalue weighted by molar-refractivity contribution is 5.99. The molecular formula is C26H31FN4O2. The molecule has 1 aliphatic rings. The van der Waals surface area contributed by atoms with Crippen molar-refractivity contribution in [2.75, 3.05) is 30.3 Å². The molecule has 1 fully saturated rings. The summed E-state index contributed by atoms with van der Waals surface area (Å²) in [7, 11) is 0. The number of carbonyl (C=O) groups is 1. The number of halogens is 1. The van der Waals surface area contributed by atoms with Gasteiger partial charge in [0.1, 0.15) is 17.2 Å². The van der Waals surface area contributed by atoms with Crippen LogP contribution in [0.3, 0.4) is 0 Å². The highest BCUT2D eigenvalue weighted by Gasteiger charge is 2.26. The number of alkyl carbamates (subject to hydrolysis) is 1. The predicted molar refractivity (Wildman–Crippen MR) is 131 cm³/mol. The Labute approximate surface area is 193 Å². The maximum atomic E-state index is 14.8. The number of anilines is 2. The number of ether oxygens (including phenoxy) is 1. The molecule has 1 saturated heterocycles.